The first-order valence-electron chi connectivity index (χ1n) is 7.93. The quantitative estimate of drug-likeness (QED) is 0.828. The van der Waals surface area contributed by atoms with Crippen molar-refractivity contribution >= 4 is 45.4 Å². The standard InChI is InChI=1S/C18H19ClN2O2S/c1-10-7-8-12-15(9-10)24-18(20-11(2)22)16(12)17(23)21-14-6-4-3-5-13(14)19/h3-6,10H,7-9H2,1-2H3,(H,20,22)(H,21,23)/t10-/m0/s1. The first kappa shape index (κ1) is 17.0. The van der Waals surface area contributed by atoms with Crippen LogP contribution in [-0.4, -0.2) is 11.8 Å². The van der Waals surface area contributed by atoms with Crippen LogP contribution in [0.1, 0.15) is 41.1 Å². The molecule has 24 heavy (non-hydrogen) atoms. The van der Waals surface area contributed by atoms with E-state index in [4.69, 9.17) is 11.6 Å². The Balaban J connectivity index is 1.97. The van der Waals surface area contributed by atoms with E-state index in [9.17, 15) is 9.59 Å². The topological polar surface area (TPSA) is 58.2 Å². The minimum absolute atomic E-state index is 0.173. The molecule has 2 amide bonds. The Morgan fingerprint density at radius 3 is 2.71 bits per heavy atom. The van der Waals surface area contributed by atoms with E-state index in [2.05, 4.69) is 17.6 Å². The third-order valence-corrected chi connectivity index (χ3v) is 5.65. The van der Waals surface area contributed by atoms with Crippen molar-refractivity contribution in [1.82, 2.24) is 0 Å². The predicted octanol–water partition coefficient (Wildman–Crippen LogP) is 4.74. The minimum atomic E-state index is -0.223. The lowest BCUT2D eigenvalue weighted by Crippen LogP contribution is -2.18. The van der Waals surface area contributed by atoms with Gasteiger partial charge in [0.05, 0.1) is 16.3 Å². The molecule has 1 aromatic carbocycles. The van der Waals surface area contributed by atoms with Gasteiger partial charge in [0.25, 0.3) is 5.91 Å². The molecule has 0 saturated carbocycles. The van der Waals surface area contributed by atoms with Crippen LogP contribution in [0.4, 0.5) is 10.7 Å². The Morgan fingerprint density at radius 1 is 1.25 bits per heavy atom. The van der Waals surface area contributed by atoms with E-state index in [1.54, 1.807) is 12.1 Å². The zero-order chi connectivity index (χ0) is 17.3. The molecule has 0 fully saturated rings. The summed E-state index contributed by atoms with van der Waals surface area (Å²) in [6.45, 7) is 3.67. The smallest absolute Gasteiger partial charge is 0.258 e. The molecule has 1 atom stereocenters. The minimum Gasteiger partial charge on any atom is -0.321 e. The number of nitrogens with one attached hydrogen (secondary N) is 2. The van der Waals surface area contributed by atoms with Crippen molar-refractivity contribution < 1.29 is 9.59 Å². The van der Waals surface area contributed by atoms with E-state index in [0.717, 1.165) is 24.8 Å². The number of anilines is 2. The van der Waals surface area contributed by atoms with Gasteiger partial charge in [0, 0.05) is 11.8 Å². The second-order valence-corrected chi connectivity index (χ2v) is 7.68. The number of rotatable bonds is 3. The highest BCUT2D eigenvalue weighted by molar-refractivity contribution is 7.17. The fraction of sp³-hybridized carbons (Fsp3) is 0.333. The largest absolute Gasteiger partial charge is 0.321 e. The molecule has 1 heterocycles. The fourth-order valence-electron chi connectivity index (χ4n) is 2.99. The number of hydrogen-bond acceptors (Lipinski definition) is 3. The zero-order valence-corrected chi connectivity index (χ0v) is 15.2. The highest BCUT2D eigenvalue weighted by Crippen LogP contribution is 2.40. The van der Waals surface area contributed by atoms with Crippen LogP contribution >= 0.6 is 22.9 Å². The molecule has 3 rings (SSSR count). The SMILES string of the molecule is CC(=O)Nc1sc2c(c1C(=O)Nc1ccccc1Cl)CC[C@H](C)C2. The number of thiophene rings is 1. The third kappa shape index (κ3) is 3.47. The molecule has 1 aliphatic carbocycles. The van der Waals surface area contributed by atoms with Crippen LogP contribution in [0, 0.1) is 5.92 Å². The van der Waals surface area contributed by atoms with Crippen molar-refractivity contribution in [1.29, 1.82) is 0 Å². The van der Waals surface area contributed by atoms with Crippen molar-refractivity contribution in [3.63, 3.8) is 0 Å². The van der Waals surface area contributed by atoms with E-state index in [0.29, 0.717) is 27.2 Å². The average Bonchev–Trinajstić information content (AvgIpc) is 2.85. The monoisotopic (exact) mass is 362 g/mol. The lowest BCUT2D eigenvalue weighted by molar-refractivity contribution is -0.114. The Morgan fingerprint density at radius 2 is 2.00 bits per heavy atom. The summed E-state index contributed by atoms with van der Waals surface area (Å²) in [7, 11) is 0. The second-order valence-electron chi connectivity index (χ2n) is 6.17. The molecule has 2 N–H and O–H groups in total. The third-order valence-electron chi connectivity index (χ3n) is 4.15. The summed E-state index contributed by atoms with van der Waals surface area (Å²) in [4.78, 5) is 25.6. The van der Waals surface area contributed by atoms with E-state index >= 15 is 0 Å². The van der Waals surface area contributed by atoms with E-state index in [1.165, 1.54) is 23.1 Å². The van der Waals surface area contributed by atoms with Crippen LogP contribution in [0.3, 0.4) is 0 Å². The van der Waals surface area contributed by atoms with Gasteiger partial charge in [0.2, 0.25) is 5.91 Å². The Kier molecular flexibility index (Phi) is 4.92. The number of hydrogen-bond donors (Lipinski definition) is 2. The molecule has 0 unspecified atom stereocenters. The number of para-hydroxylation sites is 1. The molecule has 126 valence electrons. The van der Waals surface area contributed by atoms with Gasteiger partial charge in [-0.2, -0.15) is 0 Å². The van der Waals surface area contributed by atoms with Crippen LogP contribution < -0.4 is 10.6 Å². The molecule has 0 spiro atoms. The molecule has 0 bridgehead atoms. The lowest BCUT2D eigenvalue weighted by atomic mass is 9.88. The van der Waals surface area contributed by atoms with Gasteiger partial charge in [0.15, 0.2) is 0 Å². The molecule has 1 aromatic heterocycles. The normalized spacial score (nSPS) is 16.4. The highest BCUT2D eigenvalue weighted by atomic mass is 35.5. The van der Waals surface area contributed by atoms with Crippen molar-refractivity contribution in [2.24, 2.45) is 5.92 Å². The van der Waals surface area contributed by atoms with Crippen LogP contribution in [0.2, 0.25) is 5.02 Å². The molecule has 4 nitrogen and oxygen atoms in total. The van der Waals surface area contributed by atoms with Crippen molar-refractivity contribution in [2.45, 2.75) is 33.1 Å². The van der Waals surface area contributed by atoms with Gasteiger partial charge < -0.3 is 10.6 Å². The van der Waals surface area contributed by atoms with Crippen LogP contribution in [0.15, 0.2) is 24.3 Å². The summed E-state index contributed by atoms with van der Waals surface area (Å²) in [5, 5.41) is 6.81. The number of amides is 2. The maximum absolute atomic E-state index is 12.9. The first-order chi connectivity index (χ1) is 11.5. The van der Waals surface area contributed by atoms with Gasteiger partial charge in [-0.1, -0.05) is 30.7 Å². The number of carbonyl (C=O) groups is 2. The van der Waals surface area contributed by atoms with Crippen LogP contribution in [0.5, 0.6) is 0 Å². The van der Waals surface area contributed by atoms with E-state index < -0.39 is 0 Å². The van der Waals surface area contributed by atoms with Crippen molar-refractivity contribution in [2.75, 3.05) is 10.6 Å². The lowest BCUT2D eigenvalue weighted by Gasteiger charge is -2.18. The van der Waals surface area contributed by atoms with E-state index in [1.807, 2.05) is 12.1 Å². The van der Waals surface area contributed by atoms with Gasteiger partial charge in [0.1, 0.15) is 5.00 Å². The number of carbonyl (C=O) groups excluding carboxylic acids is 2. The summed E-state index contributed by atoms with van der Waals surface area (Å²) in [6, 6.07) is 7.13. The molecule has 0 saturated heterocycles. The summed E-state index contributed by atoms with van der Waals surface area (Å²) in [6.07, 6.45) is 2.86. The van der Waals surface area contributed by atoms with Crippen LogP contribution in [0.25, 0.3) is 0 Å². The number of halogens is 1. The fourth-order valence-corrected chi connectivity index (χ4v) is 4.62. The van der Waals surface area contributed by atoms with Gasteiger partial charge >= 0.3 is 0 Å². The first-order valence-corrected chi connectivity index (χ1v) is 9.13. The predicted molar refractivity (Wildman–Crippen MR) is 99.2 cm³/mol. The molecule has 1 aliphatic rings. The van der Waals surface area contributed by atoms with Gasteiger partial charge in [-0.05, 0) is 42.9 Å². The van der Waals surface area contributed by atoms with Crippen molar-refractivity contribution in [3.05, 3.63) is 45.3 Å². The zero-order valence-electron chi connectivity index (χ0n) is 13.6. The number of benzene rings is 1. The molecular weight excluding hydrogens is 344 g/mol. The Hall–Kier alpha value is -1.85. The molecule has 0 radical (unpaired) electrons. The summed E-state index contributed by atoms with van der Waals surface area (Å²) >= 11 is 7.65. The van der Waals surface area contributed by atoms with Crippen molar-refractivity contribution in [3.8, 4) is 0 Å². The van der Waals surface area contributed by atoms with Gasteiger partial charge in [-0.25, -0.2) is 0 Å². The van der Waals surface area contributed by atoms with Crippen LogP contribution in [-0.2, 0) is 17.6 Å². The van der Waals surface area contributed by atoms with Gasteiger partial charge in [-0.15, -0.1) is 11.3 Å². The second kappa shape index (κ2) is 6.95. The Bertz CT molecular complexity index is 800. The number of fused-ring (bicyclic) bond motifs is 1. The molecule has 0 aliphatic heterocycles. The molecular formula is C18H19ClN2O2S. The molecule has 2 aromatic rings. The summed E-state index contributed by atoms with van der Waals surface area (Å²) in [5.74, 6) is 0.202. The summed E-state index contributed by atoms with van der Waals surface area (Å²) < 4.78 is 0. The average molecular weight is 363 g/mol. The maximum Gasteiger partial charge on any atom is 0.258 e. The molecule has 6 heteroatoms. The van der Waals surface area contributed by atoms with E-state index in [-0.39, 0.29) is 11.8 Å². The van der Waals surface area contributed by atoms with Gasteiger partial charge in [-0.3, -0.25) is 9.59 Å². The highest BCUT2D eigenvalue weighted by Gasteiger charge is 2.28. The maximum atomic E-state index is 12.9. The Labute approximate surface area is 150 Å². The summed E-state index contributed by atoms with van der Waals surface area (Å²) in [5.41, 5.74) is 2.21.